The Morgan fingerprint density at radius 1 is 1.44 bits per heavy atom. The largest absolute Gasteiger partial charge is 0.392 e. The van der Waals surface area contributed by atoms with E-state index in [1.807, 2.05) is 36.6 Å². The van der Waals surface area contributed by atoms with Gasteiger partial charge in [-0.15, -0.1) is 11.8 Å². The number of fused-ring (bicyclic) bond motifs is 1. The maximum absolute atomic E-state index is 12.4. The van der Waals surface area contributed by atoms with Crippen LogP contribution in [-0.4, -0.2) is 55.7 Å². The number of allylic oxidation sites excluding steroid dienone is 1. The highest BCUT2D eigenvalue weighted by atomic mass is 32.2. The van der Waals surface area contributed by atoms with Gasteiger partial charge in [0.05, 0.1) is 16.3 Å². The molecule has 0 radical (unpaired) electrons. The van der Waals surface area contributed by atoms with E-state index in [1.54, 1.807) is 24.2 Å². The van der Waals surface area contributed by atoms with Crippen LogP contribution in [0.5, 0.6) is 0 Å². The molecule has 0 aliphatic carbocycles. The van der Waals surface area contributed by atoms with Crippen molar-refractivity contribution < 1.29 is 9.90 Å². The van der Waals surface area contributed by atoms with Gasteiger partial charge in [-0.2, -0.15) is 0 Å². The molecule has 1 aromatic rings. The van der Waals surface area contributed by atoms with Gasteiger partial charge in [-0.25, -0.2) is 9.97 Å². The van der Waals surface area contributed by atoms with Gasteiger partial charge in [-0.3, -0.25) is 4.79 Å². The molecule has 3 aliphatic heterocycles. The van der Waals surface area contributed by atoms with Crippen molar-refractivity contribution in [3.05, 3.63) is 28.4 Å². The highest BCUT2D eigenvalue weighted by Gasteiger charge is 2.55. The summed E-state index contributed by atoms with van der Waals surface area (Å²) in [6.07, 6.45) is 4.73. The Morgan fingerprint density at radius 2 is 2.20 bits per heavy atom. The summed E-state index contributed by atoms with van der Waals surface area (Å²) < 4.78 is 1.23. The smallest absolute Gasteiger partial charge is 0.236 e. The van der Waals surface area contributed by atoms with Gasteiger partial charge in [0.1, 0.15) is 5.37 Å². The van der Waals surface area contributed by atoms with Crippen molar-refractivity contribution in [2.45, 2.75) is 43.4 Å². The van der Waals surface area contributed by atoms with Crippen molar-refractivity contribution in [3.63, 3.8) is 0 Å². The monoisotopic (exact) mass is 378 g/mol. The second-order valence-electron chi connectivity index (χ2n) is 6.61. The first-order chi connectivity index (χ1) is 12.1. The summed E-state index contributed by atoms with van der Waals surface area (Å²) in [5, 5.41) is 10.7. The summed E-state index contributed by atoms with van der Waals surface area (Å²) in [6, 6.07) is 1.83. The lowest BCUT2D eigenvalue weighted by atomic mass is 9.90. The fraction of sp³-hybridized carbons (Fsp3) is 0.588. The van der Waals surface area contributed by atoms with E-state index in [2.05, 4.69) is 14.9 Å². The molecule has 2 fully saturated rings. The van der Waals surface area contributed by atoms with E-state index in [-0.39, 0.29) is 17.2 Å². The first-order valence-electron chi connectivity index (χ1n) is 8.67. The Balaban J connectivity index is 1.39. The highest BCUT2D eigenvalue weighted by Crippen LogP contribution is 2.55. The summed E-state index contributed by atoms with van der Waals surface area (Å²) in [4.78, 5) is 25.1. The minimum absolute atomic E-state index is 0.0747. The predicted molar refractivity (Wildman–Crippen MR) is 101 cm³/mol. The van der Waals surface area contributed by atoms with Crippen LogP contribution >= 0.6 is 23.5 Å². The van der Waals surface area contributed by atoms with Crippen LogP contribution in [0.25, 0.3) is 0 Å². The summed E-state index contributed by atoms with van der Waals surface area (Å²) in [6.45, 7) is 5.83. The number of hydrogen-bond acceptors (Lipinski definition) is 7. The fourth-order valence-corrected chi connectivity index (χ4v) is 6.87. The maximum atomic E-state index is 12.4. The number of hydrogen-bond donors (Lipinski definition) is 1. The second-order valence-corrected chi connectivity index (χ2v) is 9.31. The first kappa shape index (κ1) is 17.2. The normalized spacial score (nSPS) is 29.9. The molecule has 0 spiro atoms. The molecule has 6 nitrogen and oxygen atoms in total. The van der Waals surface area contributed by atoms with Crippen LogP contribution in [0.1, 0.15) is 26.7 Å². The summed E-state index contributed by atoms with van der Waals surface area (Å²) in [5.41, 5.74) is 1.05. The second kappa shape index (κ2) is 6.81. The molecule has 3 aliphatic rings. The highest BCUT2D eigenvalue weighted by molar-refractivity contribution is 8.23. The minimum atomic E-state index is -0.532. The number of nitrogens with zero attached hydrogens (tertiary/aromatic N) is 4. The van der Waals surface area contributed by atoms with Crippen LogP contribution in [-0.2, 0) is 4.79 Å². The Bertz CT molecular complexity index is 699. The summed E-state index contributed by atoms with van der Waals surface area (Å²) in [5.74, 6) is 0.618. The van der Waals surface area contributed by atoms with E-state index >= 15 is 0 Å². The summed E-state index contributed by atoms with van der Waals surface area (Å²) >= 11 is 3.61. The molecule has 1 N–H and O–H groups in total. The van der Waals surface area contributed by atoms with Gasteiger partial charge >= 0.3 is 0 Å². The molecular formula is C17H22N4O2S2. The number of thioether (sulfide) groups is 2. The van der Waals surface area contributed by atoms with Crippen molar-refractivity contribution >= 4 is 35.4 Å². The molecule has 1 aromatic heterocycles. The zero-order chi connectivity index (χ0) is 17.6. The zero-order valence-electron chi connectivity index (χ0n) is 14.3. The lowest BCUT2D eigenvalue weighted by Gasteiger charge is -2.44. The van der Waals surface area contributed by atoms with Crippen molar-refractivity contribution in [1.29, 1.82) is 0 Å². The lowest BCUT2D eigenvalue weighted by molar-refractivity contribution is -0.153. The van der Waals surface area contributed by atoms with Crippen molar-refractivity contribution in [3.8, 4) is 0 Å². The Hall–Kier alpha value is -1.25. The minimum Gasteiger partial charge on any atom is -0.392 e. The van der Waals surface area contributed by atoms with Gasteiger partial charge in [-0.05, 0) is 25.8 Å². The van der Waals surface area contributed by atoms with Crippen LogP contribution in [0.4, 0.5) is 5.95 Å². The molecule has 134 valence electrons. The molecule has 0 unspecified atom stereocenters. The first-order valence-corrected chi connectivity index (χ1v) is 10.4. The number of aliphatic hydroxyl groups is 1. The molecule has 4 rings (SSSR count). The molecule has 0 aromatic carbocycles. The zero-order valence-corrected chi connectivity index (χ0v) is 16.0. The number of carbonyl (C=O) groups excluding carboxylic acids is 1. The van der Waals surface area contributed by atoms with Gasteiger partial charge in [0.15, 0.2) is 0 Å². The van der Waals surface area contributed by atoms with Crippen LogP contribution in [0.15, 0.2) is 28.4 Å². The topological polar surface area (TPSA) is 69.6 Å². The third-order valence-electron chi connectivity index (χ3n) is 5.06. The number of carbonyl (C=O) groups is 1. The molecule has 0 bridgehead atoms. The van der Waals surface area contributed by atoms with E-state index in [0.29, 0.717) is 11.7 Å². The lowest BCUT2D eigenvalue weighted by Crippen LogP contribution is -2.60. The average Bonchev–Trinajstić information content (AvgIpc) is 3.19. The predicted octanol–water partition coefficient (Wildman–Crippen LogP) is 2.28. The van der Waals surface area contributed by atoms with Crippen LogP contribution in [0.3, 0.4) is 0 Å². The number of aliphatic hydroxyl groups excluding tert-OH is 1. The molecule has 25 heavy (non-hydrogen) atoms. The molecule has 2 saturated heterocycles. The quantitative estimate of drug-likeness (QED) is 0.788. The van der Waals surface area contributed by atoms with Gasteiger partial charge in [-0.1, -0.05) is 18.7 Å². The van der Waals surface area contributed by atoms with E-state index in [0.717, 1.165) is 31.2 Å². The van der Waals surface area contributed by atoms with Gasteiger partial charge < -0.3 is 14.9 Å². The molecule has 4 atom stereocenters. The summed E-state index contributed by atoms with van der Waals surface area (Å²) in [7, 11) is 0. The van der Waals surface area contributed by atoms with Crippen molar-refractivity contribution in [1.82, 2.24) is 14.9 Å². The average molecular weight is 379 g/mol. The van der Waals surface area contributed by atoms with Crippen LogP contribution < -0.4 is 4.90 Å². The molecule has 1 amide bonds. The van der Waals surface area contributed by atoms with E-state index in [1.165, 1.54) is 4.24 Å². The van der Waals surface area contributed by atoms with Gasteiger partial charge in [0, 0.05) is 36.4 Å². The Labute approximate surface area is 156 Å². The molecule has 8 heteroatoms. The fourth-order valence-electron chi connectivity index (χ4n) is 3.60. The Kier molecular flexibility index (Phi) is 4.68. The van der Waals surface area contributed by atoms with Crippen LogP contribution in [0, 0.1) is 5.92 Å². The molecular weight excluding hydrogens is 356 g/mol. The number of amides is 1. The van der Waals surface area contributed by atoms with Crippen molar-refractivity contribution in [2.75, 3.05) is 18.0 Å². The maximum Gasteiger partial charge on any atom is 0.236 e. The Morgan fingerprint density at radius 3 is 2.92 bits per heavy atom. The van der Waals surface area contributed by atoms with E-state index in [4.69, 9.17) is 0 Å². The molecule has 4 heterocycles. The number of aromatic nitrogens is 2. The number of anilines is 1. The van der Waals surface area contributed by atoms with Gasteiger partial charge in [0.2, 0.25) is 11.9 Å². The number of rotatable bonds is 5. The van der Waals surface area contributed by atoms with Gasteiger partial charge in [0.25, 0.3) is 0 Å². The SMILES string of the molecule is CC[C@H](O)[C@@H]1C(=O)N2C(C)=C(S[C@H]3CCN(c4ncccn4)C3)S[C@H]12. The van der Waals surface area contributed by atoms with E-state index < -0.39 is 6.10 Å². The third-order valence-corrected chi connectivity index (χ3v) is 8.12. The number of β-lactam (4-membered cyclic amide) rings is 1. The van der Waals surface area contributed by atoms with Crippen molar-refractivity contribution in [2.24, 2.45) is 5.92 Å². The molecule has 0 saturated carbocycles. The van der Waals surface area contributed by atoms with Crippen LogP contribution in [0.2, 0.25) is 0 Å². The standard InChI is InChI=1S/C17H22N4O2S2/c1-3-12(22)13-14(23)21-10(2)16(25-15(13)21)24-11-5-8-20(9-11)17-18-6-4-7-19-17/h4,6-7,11-13,15,22H,3,5,8-9H2,1-2H3/t11-,12-,13+,15+/m0/s1. The third kappa shape index (κ3) is 2.94. The van der Waals surface area contributed by atoms with E-state index in [9.17, 15) is 9.90 Å².